The zero-order valence-electron chi connectivity index (χ0n) is 11.5. The van der Waals surface area contributed by atoms with Crippen molar-refractivity contribution in [3.05, 3.63) is 30.1 Å². The quantitative estimate of drug-likeness (QED) is 0.829. The van der Waals surface area contributed by atoms with Crippen molar-refractivity contribution in [2.24, 2.45) is 7.05 Å². The Morgan fingerprint density at radius 2 is 2.11 bits per heavy atom. The standard InChI is InChI=1S/C15H19N3O/c1-17-10-16-13-9-11(7-8-14(13)17)15(19)18(2)12-5-3-4-6-12/h7-10,12H,3-6H2,1-2H3. The molecule has 0 aliphatic heterocycles. The fraction of sp³-hybridized carbons (Fsp3) is 0.467. The second-order valence-electron chi connectivity index (χ2n) is 5.41. The molecular weight excluding hydrogens is 238 g/mol. The molecule has 1 aliphatic carbocycles. The third-order valence-electron chi connectivity index (χ3n) is 4.17. The maximum atomic E-state index is 12.5. The van der Waals surface area contributed by atoms with Gasteiger partial charge < -0.3 is 9.47 Å². The highest BCUT2D eigenvalue weighted by molar-refractivity contribution is 5.97. The van der Waals surface area contributed by atoms with E-state index in [0.717, 1.165) is 29.4 Å². The van der Waals surface area contributed by atoms with E-state index in [4.69, 9.17) is 0 Å². The van der Waals surface area contributed by atoms with Crippen LogP contribution in [0.4, 0.5) is 0 Å². The molecule has 1 fully saturated rings. The predicted molar refractivity (Wildman–Crippen MR) is 75.1 cm³/mol. The Kier molecular flexibility index (Phi) is 3.01. The normalized spacial score (nSPS) is 16.1. The van der Waals surface area contributed by atoms with Crippen LogP contribution in [0, 0.1) is 0 Å². The third-order valence-corrected chi connectivity index (χ3v) is 4.17. The van der Waals surface area contributed by atoms with Gasteiger partial charge >= 0.3 is 0 Å². The van der Waals surface area contributed by atoms with Gasteiger partial charge in [0.2, 0.25) is 0 Å². The number of rotatable bonds is 2. The monoisotopic (exact) mass is 257 g/mol. The summed E-state index contributed by atoms with van der Waals surface area (Å²) in [6.45, 7) is 0. The van der Waals surface area contributed by atoms with E-state index in [1.54, 1.807) is 6.33 Å². The molecule has 0 unspecified atom stereocenters. The average molecular weight is 257 g/mol. The van der Waals surface area contributed by atoms with Crippen LogP contribution >= 0.6 is 0 Å². The molecular formula is C15H19N3O. The van der Waals surface area contributed by atoms with Gasteiger partial charge in [0, 0.05) is 25.7 Å². The lowest BCUT2D eigenvalue weighted by molar-refractivity contribution is 0.0735. The zero-order chi connectivity index (χ0) is 13.4. The summed E-state index contributed by atoms with van der Waals surface area (Å²) in [5.41, 5.74) is 2.67. The number of fused-ring (bicyclic) bond motifs is 1. The number of hydrogen-bond donors (Lipinski definition) is 0. The van der Waals surface area contributed by atoms with Crippen molar-refractivity contribution in [2.45, 2.75) is 31.7 Å². The summed E-state index contributed by atoms with van der Waals surface area (Å²) in [5.74, 6) is 0.111. The van der Waals surface area contributed by atoms with Crippen molar-refractivity contribution in [3.63, 3.8) is 0 Å². The molecule has 0 N–H and O–H groups in total. The van der Waals surface area contributed by atoms with E-state index in [2.05, 4.69) is 4.98 Å². The lowest BCUT2D eigenvalue weighted by Crippen LogP contribution is -2.35. The maximum Gasteiger partial charge on any atom is 0.253 e. The van der Waals surface area contributed by atoms with Crippen molar-refractivity contribution < 1.29 is 4.79 Å². The Labute approximate surface area is 113 Å². The van der Waals surface area contributed by atoms with Crippen molar-refractivity contribution in [2.75, 3.05) is 7.05 Å². The number of hydrogen-bond acceptors (Lipinski definition) is 2. The van der Waals surface area contributed by atoms with Crippen LogP contribution in [-0.4, -0.2) is 33.4 Å². The van der Waals surface area contributed by atoms with Crippen molar-refractivity contribution in [1.82, 2.24) is 14.5 Å². The molecule has 0 bridgehead atoms. The molecule has 1 aromatic carbocycles. The van der Waals surface area contributed by atoms with E-state index in [-0.39, 0.29) is 5.91 Å². The molecule has 1 aromatic heterocycles. The third kappa shape index (κ3) is 2.11. The van der Waals surface area contributed by atoms with E-state index in [1.165, 1.54) is 12.8 Å². The minimum Gasteiger partial charge on any atom is -0.339 e. The fourth-order valence-corrected chi connectivity index (χ4v) is 2.93. The molecule has 4 heteroatoms. The van der Waals surface area contributed by atoms with Crippen LogP contribution < -0.4 is 0 Å². The van der Waals surface area contributed by atoms with E-state index in [0.29, 0.717) is 6.04 Å². The number of aryl methyl sites for hydroxylation is 1. The number of benzene rings is 1. The molecule has 3 rings (SSSR count). The van der Waals surface area contributed by atoms with Crippen LogP contribution in [0.15, 0.2) is 24.5 Å². The summed E-state index contributed by atoms with van der Waals surface area (Å²) in [7, 11) is 3.88. The Balaban J connectivity index is 1.88. The minimum absolute atomic E-state index is 0.111. The van der Waals surface area contributed by atoms with Crippen molar-refractivity contribution in [1.29, 1.82) is 0 Å². The van der Waals surface area contributed by atoms with Crippen LogP contribution in [0.2, 0.25) is 0 Å². The maximum absolute atomic E-state index is 12.5. The van der Waals surface area contributed by atoms with E-state index >= 15 is 0 Å². The molecule has 1 aliphatic rings. The van der Waals surface area contributed by atoms with Gasteiger partial charge in [-0.3, -0.25) is 4.79 Å². The van der Waals surface area contributed by atoms with Crippen LogP contribution in [0.5, 0.6) is 0 Å². The van der Waals surface area contributed by atoms with Crippen LogP contribution in [0.1, 0.15) is 36.0 Å². The van der Waals surface area contributed by atoms with Crippen LogP contribution in [-0.2, 0) is 7.05 Å². The smallest absolute Gasteiger partial charge is 0.253 e. The Morgan fingerprint density at radius 3 is 2.84 bits per heavy atom. The van der Waals surface area contributed by atoms with Gasteiger partial charge in [-0.15, -0.1) is 0 Å². The van der Waals surface area contributed by atoms with Gasteiger partial charge in [-0.05, 0) is 31.0 Å². The number of aromatic nitrogens is 2. The van der Waals surface area contributed by atoms with Crippen molar-refractivity contribution in [3.8, 4) is 0 Å². The first-order valence-electron chi connectivity index (χ1n) is 6.85. The van der Waals surface area contributed by atoms with Gasteiger partial charge in [0.25, 0.3) is 5.91 Å². The second-order valence-corrected chi connectivity index (χ2v) is 5.41. The molecule has 19 heavy (non-hydrogen) atoms. The first-order chi connectivity index (χ1) is 9.16. The SMILES string of the molecule is CN(C(=O)c1ccc2c(c1)ncn2C)C1CCCC1. The van der Waals surface area contributed by atoms with Crippen LogP contribution in [0.3, 0.4) is 0 Å². The van der Waals surface area contributed by atoms with Gasteiger partial charge in [-0.2, -0.15) is 0 Å². The highest BCUT2D eigenvalue weighted by atomic mass is 16.2. The fourth-order valence-electron chi connectivity index (χ4n) is 2.93. The van der Waals surface area contributed by atoms with Gasteiger partial charge in [0.1, 0.15) is 0 Å². The lowest BCUT2D eigenvalue weighted by atomic mass is 10.1. The number of imidazole rings is 1. The predicted octanol–water partition coefficient (Wildman–Crippen LogP) is 2.59. The molecule has 1 amide bonds. The summed E-state index contributed by atoms with van der Waals surface area (Å²) >= 11 is 0. The van der Waals surface area contributed by atoms with E-state index < -0.39 is 0 Å². The van der Waals surface area contributed by atoms with Crippen LogP contribution in [0.25, 0.3) is 11.0 Å². The summed E-state index contributed by atoms with van der Waals surface area (Å²) < 4.78 is 1.96. The lowest BCUT2D eigenvalue weighted by Gasteiger charge is -2.24. The molecule has 0 atom stereocenters. The van der Waals surface area contributed by atoms with E-state index in [9.17, 15) is 4.79 Å². The first kappa shape index (κ1) is 12.2. The zero-order valence-corrected chi connectivity index (χ0v) is 11.5. The largest absolute Gasteiger partial charge is 0.339 e. The molecule has 1 saturated carbocycles. The van der Waals surface area contributed by atoms with Gasteiger partial charge in [-0.1, -0.05) is 12.8 Å². The highest BCUT2D eigenvalue weighted by Crippen LogP contribution is 2.24. The first-order valence-corrected chi connectivity index (χ1v) is 6.85. The molecule has 100 valence electrons. The summed E-state index contributed by atoms with van der Waals surface area (Å²) in [6, 6.07) is 6.17. The average Bonchev–Trinajstić information content (AvgIpc) is 3.07. The van der Waals surface area contributed by atoms with E-state index in [1.807, 2.05) is 41.8 Å². The molecule has 4 nitrogen and oxygen atoms in total. The van der Waals surface area contributed by atoms with Gasteiger partial charge in [0.05, 0.1) is 17.4 Å². The Hall–Kier alpha value is -1.84. The van der Waals surface area contributed by atoms with Gasteiger partial charge in [0.15, 0.2) is 0 Å². The number of carbonyl (C=O) groups excluding carboxylic acids is 1. The summed E-state index contributed by atoms with van der Waals surface area (Å²) in [4.78, 5) is 18.7. The number of carbonyl (C=O) groups is 1. The molecule has 0 spiro atoms. The number of nitrogens with zero attached hydrogens (tertiary/aromatic N) is 3. The highest BCUT2D eigenvalue weighted by Gasteiger charge is 2.24. The summed E-state index contributed by atoms with van der Waals surface area (Å²) in [6.07, 6.45) is 6.52. The van der Waals surface area contributed by atoms with Gasteiger partial charge in [-0.25, -0.2) is 4.98 Å². The van der Waals surface area contributed by atoms with Crippen molar-refractivity contribution >= 4 is 16.9 Å². The topological polar surface area (TPSA) is 38.1 Å². The Bertz CT molecular complexity index is 611. The molecule has 0 saturated heterocycles. The molecule has 2 aromatic rings. The molecule has 0 radical (unpaired) electrons. The molecule has 1 heterocycles. The second kappa shape index (κ2) is 4.68. The Morgan fingerprint density at radius 1 is 1.37 bits per heavy atom. The summed E-state index contributed by atoms with van der Waals surface area (Å²) in [5, 5.41) is 0. The number of amides is 1. The minimum atomic E-state index is 0.111.